The molecule has 0 aliphatic rings. The highest BCUT2D eigenvalue weighted by atomic mass is 16.1. The van der Waals surface area contributed by atoms with Crippen LogP contribution in [0.1, 0.15) is 32.8 Å². The lowest BCUT2D eigenvalue weighted by Crippen LogP contribution is -2.37. The van der Waals surface area contributed by atoms with Gasteiger partial charge in [0.25, 0.3) is 0 Å². The highest BCUT2D eigenvalue weighted by Gasteiger charge is 2.14. The van der Waals surface area contributed by atoms with Gasteiger partial charge in [-0.05, 0) is 24.5 Å². The van der Waals surface area contributed by atoms with Crippen LogP contribution >= 0.6 is 0 Å². The minimum Gasteiger partial charge on any atom is -0.361 e. The van der Waals surface area contributed by atoms with Gasteiger partial charge in [-0.3, -0.25) is 4.79 Å². The Morgan fingerprint density at radius 1 is 1.32 bits per heavy atom. The molecule has 102 valence electrons. The van der Waals surface area contributed by atoms with Crippen molar-refractivity contribution in [2.75, 3.05) is 0 Å². The lowest BCUT2D eigenvalue weighted by molar-refractivity contribution is -0.121. The van der Waals surface area contributed by atoms with Crippen molar-refractivity contribution in [3.05, 3.63) is 36.0 Å². The molecular weight excluding hydrogens is 236 g/mol. The Balaban J connectivity index is 2.03. The smallest absolute Gasteiger partial charge is 0.224 e. The molecule has 2 N–H and O–H groups in total. The van der Waals surface area contributed by atoms with E-state index in [4.69, 9.17) is 0 Å². The molecule has 2 rings (SSSR count). The first kappa shape index (κ1) is 13.7. The summed E-state index contributed by atoms with van der Waals surface area (Å²) in [5.74, 6) is 0.601. The maximum Gasteiger partial charge on any atom is 0.224 e. The fourth-order valence-corrected chi connectivity index (χ4v) is 2.25. The first-order chi connectivity index (χ1) is 9.11. The number of carbonyl (C=O) groups excluding carboxylic acids is 1. The van der Waals surface area contributed by atoms with Crippen molar-refractivity contribution in [1.82, 2.24) is 10.3 Å². The number of H-pyrrole nitrogens is 1. The summed E-state index contributed by atoms with van der Waals surface area (Å²) >= 11 is 0. The Morgan fingerprint density at radius 2 is 2.05 bits per heavy atom. The van der Waals surface area contributed by atoms with E-state index in [1.807, 2.05) is 30.5 Å². The predicted octanol–water partition coefficient (Wildman–Crippen LogP) is 3.26. The summed E-state index contributed by atoms with van der Waals surface area (Å²) in [5.41, 5.74) is 2.14. The third kappa shape index (κ3) is 3.16. The van der Waals surface area contributed by atoms with Gasteiger partial charge in [0.05, 0.1) is 6.42 Å². The van der Waals surface area contributed by atoms with E-state index >= 15 is 0 Å². The Morgan fingerprint density at radius 3 is 2.79 bits per heavy atom. The molecule has 1 heterocycles. The van der Waals surface area contributed by atoms with E-state index in [-0.39, 0.29) is 11.9 Å². The van der Waals surface area contributed by atoms with Gasteiger partial charge in [0.2, 0.25) is 5.91 Å². The fourth-order valence-electron chi connectivity index (χ4n) is 2.25. The largest absolute Gasteiger partial charge is 0.361 e. The van der Waals surface area contributed by atoms with Crippen LogP contribution in [0.15, 0.2) is 30.5 Å². The highest BCUT2D eigenvalue weighted by molar-refractivity contribution is 5.88. The van der Waals surface area contributed by atoms with Gasteiger partial charge in [-0.15, -0.1) is 0 Å². The maximum absolute atomic E-state index is 12.1. The van der Waals surface area contributed by atoms with Gasteiger partial charge in [0.1, 0.15) is 0 Å². The quantitative estimate of drug-likeness (QED) is 0.849. The van der Waals surface area contributed by atoms with Crippen LogP contribution in [0.5, 0.6) is 0 Å². The zero-order valence-electron chi connectivity index (χ0n) is 11.9. The minimum absolute atomic E-state index is 0.0950. The van der Waals surface area contributed by atoms with Gasteiger partial charge in [-0.1, -0.05) is 38.5 Å². The van der Waals surface area contributed by atoms with Gasteiger partial charge < -0.3 is 10.3 Å². The molecule has 2 unspecified atom stereocenters. The maximum atomic E-state index is 12.1. The van der Waals surface area contributed by atoms with Crippen molar-refractivity contribution < 1.29 is 4.79 Å². The Bertz CT molecular complexity index is 559. The number of rotatable bonds is 5. The summed E-state index contributed by atoms with van der Waals surface area (Å²) < 4.78 is 0. The second-order valence-electron chi connectivity index (χ2n) is 5.28. The molecule has 0 spiro atoms. The molecule has 0 aliphatic carbocycles. The van der Waals surface area contributed by atoms with Crippen LogP contribution in [0, 0.1) is 5.92 Å². The lowest BCUT2D eigenvalue weighted by Gasteiger charge is -2.19. The SMILES string of the molecule is CCC(C)C(C)NC(=O)Cc1c[nH]c2ccccc12. The Hall–Kier alpha value is -1.77. The fraction of sp³-hybridized carbons (Fsp3) is 0.438. The molecule has 1 amide bonds. The molecule has 2 aromatic rings. The average Bonchev–Trinajstić information content (AvgIpc) is 2.81. The summed E-state index contributed by atoms with van der Waals surface area (Å²) in [6, 6.07) is 8.29. The molecule has 1 aromatic carbocycles. The third-order valence-electron chi connectivity index (χ3n) is 3.91. The van der Waals surface area contributed by atoms with Crippen molar-refractivity contribution in [2.45, 2.75) is 39.7 Å². The molecule has 0 fully saturated rings. The van der Waals surface area contributed by atoms with Gasteiger partial charge in [0.15, 0.2) is 0 Å². The first-order valence-electron chi connectivity index (χ1n) is 6.96. The number of hydrogen-bond acceptors (Lipinski definition) is 1. The summed E-state index contributed by atoms with van der Waals surface area (Å²) in [6.07, 6.45) is 3.44. The second-order valence-corrected chi connectivity index (χ2v) is 5.28. The molecule has 3 heteroatoms. The molecule has 2 atom stereocenters. The topological polar surface area (TPSA) is 44.9 Å². The summed E-state index contributed by atoms with van der Waals surface area (Å²) in [5, 5.41) is 4.21. The Labute approximate surface area is 114 Å². The zero-order valence-corrected chi connectivity index (χ0v) is 11.9. The van der Waals surface area contributed by atoms with E-state index in [1.54, 1.807) is 0 Å². The standard InChI is InChI=1S/C16H22N2O/c1-4-11(2)12(3)18-16(19)9-13-10-17-15-8-6-5-7-14(13)15/h5-8,10-12,17H,4,9H2,1-3H3,(H,18,19). The number of nitrogens with one attached hydrogen (secondary N) is 2. The minimum atomic E-state index is 0.0950. The van der Waals surface area contributed by atoms with Gasteiger partial charge in [-0.2, -0.15) is 0 Å². The first-order valence-corrected chi connectivity index (χ1v) is 6.96. The van der Waals surface area contributed by atoms with Gasteiger partial charge in [-0.25, -0.2) is 0 Å². The van der Waals surface area contributed by atoms with E-state index in [9.17, 15) is 4.79 Å². The zero-order chi connectivity index (χ0) is 13.8. The molecule has 1 aromatic heterocycles. The van der Waals surface area contributed by atoms with Crippen molar-refractivity contribution >= 4 is 16.8 Å². The third-order valence-corrected chi connectivity index (χ3v) is 3.91. The summed E-state index contributed by atoms with van der Waals surface area (Å²) in [7, 11) is 0. The number of fused-ring (bicyclic) bond motifs is 1. The summed E-state index contributed by atoms with van der Waals surface area (Å²) in [4.78, 5) is 15.3. The Kier molecular flexibility index (Phi) is 4.25. The molecule has 0 saturated heterocycles. The molecular formula is C16H22N2O. The molecule has 3 nitrogen and oxygen atoms in total. The molecule has 0 bridgehead atoms. The molecule has 19 heavy (non-hydrogen) atoms. The van der Waals surface area contributed by atoms with E-state index in [2.05, 4.69) is 31.1 Å². The molecule has 0 saturated carbocycles. The molecule has 0 aliphatic heterocycles. The van der Waals surface area contributed by atoms with Crippen LogP contribution < -0.4 is 5.32 Å². The number of hydrogen-bond donors (Lipinski definition) is 2. The van der Waals surface area contributed by atoms with Crippen LogP contribution in [0.25, 0.3) is 10.9 Å². The molecule has 0 radical (unpaired) electrons. The normalized spacial score (nSPS) is 14.3. The van der Waals surface area contributed by atoms with E-state index in [1.165, 1.54) is 0 Å². The van der Waals surface area contributed by atoms with Crippen LogP contribution in [0.2, 0.25) is 0 Å². The number of carbonyl (C=O) groups is 1. The average molecular weight is 258 g/mol. The van der Waals surface area contributed by atoms with E-state index in [0.717, 1.165) is 22.9 Å². The number of benzene rings is 1. The number of para-hydroxylation sites is 1. The van der Waals surface area contributed by atoms with Gasteiger partial charge >= 0.3 is 0 Å². The van der Waals surface area contributed by atoms with Gasteiger partial charge in [0, 0.05) is 23.1 Å². The van der Waals surface area contributed by atoms with Crippen molar-refractivity contribution in [3.63, 3.8) is 0 Å². The summed E-state index contributed by atoms with van der Waals surface area (Å²) in [6.45, 7) is 6.38. The van der Waals surface area contributed by atoms with Crippen LogP contribution in [0.3, 0.4) is 0 Å². The van der Waals surface area contributed by atoms with Crippen LogP contribution in [-0.2, 0) is 11.2 Å². The van der Waals surface area contributed by atoms with E-state index < -0.39 is 0 Å². The monoisotopic (exact) mass is 258 g/mol. The van der Waals surface area contributed by atoms with Crippen molar-refractivity contribution in [2.24, 2.45) is 5.92 Å². The van der Waals surface area contributed by atoms with Crippen LogP contribution in [-0.4, -0.2) is 16.9 Å². The predicted molar refractivity (Wildman–Crippen MR) is 79.1 cm³/mol. The highest BCUT2D eigenvalue weighted by Crippen LogP contribution is 2.18. The van der Waals surface area contributed by atoms with Crippen molar-refractivity contribution in [3.8, 4) is 0 Å². The lowest BCUT2D eigenvalue weighted by atomic mass is 10.0. The van der Waals surface area contributed by atoms with Crippen LogP contribution in [0.4, 0.5) is 0 Å². The van der Waals surface area contributed by atoms with Crippen molar-refractivity contribution in [1.29, 1.82) is 0 Å². The number of aromatic amines is 1. The number of aromatic nitrogens is 1. The second kappa shape index (κ2) is 5.91. The number of amides is 1. The van der Waals surface area contributed by atoms with E-state index in [0.29, 0.717) is 12.3 Å².